The molecule has 0 radical (unpaired) electrons. The summed E-state index contributed by atoms with van der Waals surface area (Å²) in [5, 5.41) is 0. The van der Waals surface area contributed by atoms with Crippen molar-refractivity contribution in [1.29, 1.82) is 0 Å². The highest BCUT2D eigenvalue weighted by Crippen LogP contribution is 2.25. The van der Waals surface area contributed by atoms with Gasteiger partial charge in [0.15, 0.2) is 0 Å². The molecule has 2 atom stereocenters. The SMILES string of the molecule is CCCCC/C=C\CCCC(=O)C(CC/C=C\CCCCC)C(CCC/C=C\CCCCC)OC(=O)CCCCCN(CCCl)CCCCCC(=O)OCCC/C=C/CCCCC. The number of allylic oxidation sites excluding steroid dienone is 8. The number of Topliss-reactive ketones (excluding diaryl/α,β-unsaturated/α-hetero) is 1. The van der Waals surface area contributed by atoms with Gasteiger partial charge in [-0.15, -0.1) is 11.6 Å². The molecule has 0 aromatic heterocycles. The van der Waals surface area contributed by atoms with E-state index in [0.717, 1.165) is 142 Å². The lowest BCUT2D eigenvalue weighted by Gasteiger charge is -2.26. The number of ketones is 1. The summed E-state index contributed by atoms with van der Waals surface area (Å²) in [7, 11) is 0. The van der Waals surface area contributed by atoms with E-state index < -0.39 is 0 Å². The van der Waals surface area contributed by atoms with Crippen LogP contribution in [0.15, 0.2) is 48.6 Å². The maximum absolute atomic E-state index is 13.9. The Morgan fingerprint density at radius 3 is 1.38 bits per heavy atom. The van der Waals surface area contributed by atoms with Crippen molar-refractivity contribution in [3.63, 3.8) is 0 Å². The zero-order valence-electron chi connectivity index (χ0n) is 41.7. The Labute approximate surface area is 395 Å². The summed E-state index contributed by atoms with van der Waals surface area (Å²) >= 11 is 6.17. The number of carbonyl (C=O) groups is 3. The third kappa shape index (κ3) is 42.2. The van der Waals surface area contributed by atoms with Gasteiger partial charge in [-0.3, -0.25) is 14.4 Å². The molecular formula is C56H100ClNO5. The minimum atomic E-state index is -0.370. The van der Waals surface area contributed by atoms with Crippen molar-refractivity contribution < 1.29 is 23.9 Å². The van der Waals surface area contributed by atoms with Crippen LogP contribution in [0.25, 0.3) is 0 Å². The van der Waals surface area contributed by atoms with Gasteiger partial charge in [0.1, 0.15) is 11.9 Å². The average molecular weight is 903 g/mol. The molecule has 0 aromatic carbocycles. The van der Waals surface area contributed by atoms with E-state index in [-0.39, 0.29) is 29.7 Å². The van der Waals surface area contributed by atoms with E-state index in [1.54, 1.807) is 0 Å². The van der Waals surface area contributed by atoms with Gasteiger partial charge in [-0.1, -0.05) is 141 Å². The average Bonchev–Trinajstić information content (AvgIpc) is 3.27. The summed E-state index contributed by atoms with van der Waals surface area (Å²) in [6, 6.07) is 0. The van der Waals surface area contributed by atoms with Gasteiger partial charge >= 0.3 is 11.9 Å². The second-order valence-electron chi connectivity index (χ2n) is 17.9. The molecule has 0 fully saturated rings. The van der Waals surface area contributed by atoms with Gasteiger partial charge in [0.2, 0.25) is 0 Å². The van der Waals surface area contributed by atoms with E-state index in [2.05, 4.69) is 81.2 Å². The van der Waals surface area contributed by atoms with Crippen LogP contribution in [0.5, 0.6) is 0 Å². The molecule has 0 bridgehead atoms. The van der Waals surface area contributed by atoms with E-state index in [4.69, 9.17) is 21.1 Å². The zero-order valence-corrected chi connectivity index (χ0v) is 42.5. The Morgan fingerprint density at radius 2 is 0.889 bits per heavy atom. The van der Waals surface area contributed by atoms with Gasteiger partial charge in [-0.25, -0.2) is 0 Å². The predicted molar refractivity (Wildman–Crippen MR) is 273 cm³/mol. The fraction of sp³-hybridized carbons (Fsp3) is 0.804. The molecule has 0 aliphatic rings. The van der Waals surface area contributed by atoms with Gasteiger partial charge in [0.05, 0.1) is 12.5 Å². The van der Waals surface area contributed by atoms with Crippen LogP contribution in [0.1, 0.15) is 246 Å². The van der Waals surface area contributed by atoms with Crippen LogP contribution in [0, 0.1) is 5.92 Å². The van der Waals surface area contributed by atoms with Crippen LogP contribution in [0.2, 0.25) is 0 Å². The Kier molecular flexibility index (Phi) is 47.6. The molecule has 366 valence electrons. The Bertz CT molecular complexity index is 1150. The lowest BCUT2D eigenvalue weighted by atomic mass is 9.86. The highest BCUT2D eigenvalue weighted by atomic mass is 35.5. The van der Waals surface area contributed by atoms with Crippen molar-refractivity contribution in [2.75, 3.05) is 32.1 Å². The molecule has 63 heavy (non-hydrogen) atoms. The first-order valence-corrected chi connectivity index (χ1v) is 27.2. The number of alkyl halides is 1. The zero-order chi connectivity index (χ0) is 46.1. The first kappa shape index (κ1) is 60.8. The molecular weight excluding hydrogens is 802 g/mol. The number of hydrogen-bond acceptors (Lipinski definition) is 6. The molecule has 0 aromatic rings. The number of ether oxygens (including phenoxy) is 2. The number of carbonyl (C=O) groups excluding carboxylic acids is 3. The van der Waals surface area contributed by atoms with E-state index in [1.165, 1.54) is 77.0 Å². The smallest absolute Gasteiger partial charge is 0.306 e. The minimum Gasteiger partial charge on any atom is -0.466 e. The van der Waals surface area contributed by atoms with Gasteiger partial charge in [-0.05, 0) is 148 Å². The number of rotatable bonds is 48. The Balaban J connectivity index is 5.08. The lowest BCUT2D eigenvalue weighted by Crippen LogP contribution is -2.33. The quantitative estimate of drug-likeness (QED) is 0.0262. The van der Waals surface area contributed by atoms with Crippen LogP contribution in [0.4, 0.5) is 0 Å². The van der Waals surface area contributed by atoms with Crippen molar-refractivity contribution in [2.45, 2.75) is 252 Å². The van der Waals surface area contributed by atoms with Gasteiger partial charge < -0.3 is 14.4 Å². The highest BCUT2D eigenvalue weighted by molar-refractivity contribution is 6.18. The third-order valence-electron chi connectivity index (χ3n) is 11.9. The molecule has 0 aliphatic heterocycles. The van der Waals surface area contributed by atoms with Crippen LogP contribution in [0.3, 0.4) is 0 Å². The summed E-state index contributed by atoms with van der Waals surface area (Å²) in [6.45, 7) is 12.2. The van der Waals surface area contributed by atoms with Crippen LogP contribution < -0.4 is 0 Å². The molecule has 0 saturated carbocycles. The maximum Gasteiger partial charge on any atom is 0.306 e. The first-order valence-electron chi connectivity index (χ1n) is 26.7. The fourth-order valence-electron chi connectivity index (χ4n) is 7.89. The van der Waals surface area contributed by atoms with E-state index in [0.29, 0.717) is 31.7 Å². The summed E-state index contributed by atoms with van der Waals surface area (Å²) in [6.07, 6.45) is 51.8. The first-order chi connectivity index (χ1) is 30.9. The molecule has 0 rings (SSSR count). The highest BCUT2D eigenvalue weighted by Gasteiger charge is 2.30. The van der Waals surface area contributed by atoms with Gasteiger partial charge in [0.25, 0.3) is 0 Å². The summed E-state index contributed by atoms with van der Waals surface area (Å²) in [4.78, 5) is 42.0. The predicted octanol–water partition coefficient (Wildman–Crippen LogP) is 16.7. The summed E-state index contributed by atoms with van der Waals surface area (Å²) in [5.74, 6) is 0.339. The number of unbranched alkanes of at least 4 members (excludes halogenated alkanes) is 19. The second kappa shape index (κ2) is 49.3. The van der Waals surface area contributed by atoms with Crippen LogP contribution in [-0.2, 0) is 23.9 Å². The van der Waals surface area contributed by atoms with E-state index >= 15 is 0 Å². The maximum atomic E-state index is 13.9. The standard InChI is InChI=1S/C56H100ClNO5/c1-5-9-13-17-21-25-29-35-43-53(59)52(42-34-28-24-20-16-12-8-4)54(44-36-30-26-22-18-14-10-6-2)63-56(61)46-38-33-40-49-58(50-47-57)48-39-32-37-45-55(60)62-51-41-31-27-23-19-15-11-7-3/h21-28,52,54H,5-20,29-51H2,1-4H3/b25-21-,26-22-,27-23+,28-24-. The largest absolute Gasteiger partial charge is 0.466 e. The molecule has 0 amide bonds. The van der Waals surface area contributed by atoms with Crippen molar-refractivity contribution in [1.82, 2.24) is 4.90 Å². The number of halogens is 1. The van der Waals surface area contributed by atoms with E-state index in [9.17, 15) is 14.4 Å². The Morgan fingerprint density at radius 1 is 0.444 bits per heavy atom. The Hall–Kier alpha value is -2.18. The fourth-order valence-corrected chi connectivity index (χ4v) is 8.12. The van der Waals surface area contributed by atoms with Crippen LogP contribution in [-0.4, -0.2) is 60.8 Å². The number of nitrogens with zero attached hydrogens (tertiary/aromatic N) is 1. The van der Waals surface area contributed by atoms with Crippen molar-refractivity contribution in [2.24, 2.45) is 5.92 Å². The third-order valence-corrected chi connectivity index (χ3v) is 12.1. The van der Waals surface area contributed by atoms with Crippen molar-refractivity contribution in [3.05, 3.63) is 48.6 Å². The molecule has 2 unspecified atom stereocenters. The molecule has 0 heterocycles. The molecule has 0 saturated heterocycles. The summed E-state index contributed by atoms with van der Waals surface area (Å²) < 4.78 is 11.8. The second-order valence-corrected chi connectivity index (χ2v) is 18.3. The van der Waals surface area contributed by atoms with Crippen LogP contribution >= 0.6 is 11.6 Å². The van der Waals surface area contributed by atoms with Gasteiger partial charge in [0, 0.05) is 31.7 Å². The lowest BCUT2D eigenvalue weighted by molar-refractivity contribution is -0.154. The molecule has 6 nitrogen and oxygen atoms in total. The molecule has 0 spiro atoms. The molecule has 0 aliphatic carbocycles. The normalized spacial score (nSPS) is 13.0. The van der Waals surface area contributed by atoms with E-state index in [1.807, 2.05) is 0 Å². The number of hydrogen-bond donors (Lipinski definition) is 0. The van der Waals surface area contributed by atoms with Gasteiger partial charge in [-0.2, -0.15) is 0 Å². The number of esters is 2. The molecule has 7 heteroatoms. The minimum absolute atomic E-state index is 0.0846. The summed E-state index contributed by atoms with van der Waals surface area (Å²) in [5.41, 5.74) is 0. The topological polar surface area (TPSA) is 72.9 Å². The van der Waals surface area contributed by atoms with Crippen molar-refractivity contribution >= 4 is 29.3 Å². The van der Waals surface area contributed by atoms with Crippen molar-refractivity contribution in [3.8, 4) is 0 Å². The monoisotopic (exact) mass is 902 g/mol. The molecule has 0 N–H and O–H groups in total.